The molecule has 104 valence electrons. The fraction of sp³-hybridized carbons (Fsp3) is 0.429. The molecule has 0 aromatic carbocycles. The smallest absolute Gasteiger partial charge is 0.230 e. The van der Waals surface area contributed by atoms with Gasteiger partial charge in [-0.05, 0) is 11.4 Å². The maximum atomic E-state index is 12.5. The quantitative estimate of drug-likeness (QED) is 0.722. The summed E-state index contributed by atoms with van der Waals surface area (Å²) in [5, 5.41) is 13.3. The third-order valence-electron chi connectivity index (χ3n) is 4.38. The molecule has 0 radical (unpaired) electrons. The van der Waals surface area contributed by atoms with E-state index in [-0.39, 0.29) is 5.91 Å². The van der Waals surface area contributed by atoms with E-state index in [4.69, 9.17) is 4.74 Å². The van der Waals surface area contributed by atoms with E-state index in [1.54, 1.807) is 22.3 Å². The second-order valence-corrected chi connectivity index (χ2v) is 6.52. The van der Waals surface area contributed by atoms with E-state index in [1.807, 2.05) is 23.6 Å². The molecule has 2 saturated heterocycles. The van der Waals surface area contributed by atoms with Crippen molar-refractivity contribution in [3.63, 3.8) is 0 Å². The third-order valence-corrected chi connectivity index (χ3v) is 5.24. The first kappa shape index (κ1) is 12.1. The molecule has 4 heterocycles. The van der Waals surface area contributed by atoms with Crippen molar-refractivity contribution in [1.29, 1.82) is 0 Å². The first-order valence-electron chi connectivity index (χ1n) is 6.50. The Hall–Kier alpha value is -1.66. The topological polar surface area (TPSA) is 69.7 Å². The van der Waals surface area contributed by atoms with Crippen LogP contribution in [0.1, 0.15) is 4.88 Å². The second-order valence-electron chi connectivity index (χ2n) is 5.49. The van der Waals surface area contributed by atoms with Gasteiger partial charge < -0.3 is 19.5 Å². The van der Waals surface area contributed by atoms with Gasteiger partial charge in [0.1, 0.15) is 5.60 Å². The molecule has 0 unspecified atom stereocenters. The highest BCUT2D eigenvalue weighted by molar-refractivity contribution is 7.09. The number of thiophene rings is 1. The Kier molecular flexibility index (Phi) is 2.38. The second kappa shape index (κ2) is 3.93. The molecule has 6 heteroatoms. The molecule has 0 N–H and O–H groups in total. The Labute approximate surface area is 119 Å². The van der Waals surface area contributed by atoms with Crippen molar-refractivity contribution in [3.8, 4) is 0 Å². The molecule has 3 aliphatic rings. The summed E-state index contributed by atoms with van der Waals surface area (Å²) < 4.78 is 5.79. The lowest BCUT2D eigenvalue weighted by Crippen LogP contribution is -2.45. The first-order valence-corrected chi connectivity index (χ1v) is 7.38. The standard InChI is InChI=1S/C14H13NO4S/c16-12-11-10(13(17)18)9-3-4-14(11,19-9)7-15(12)6-8-2-1-5-20-8/h1-5,9-11H,6-7H2,(H,17,18)/p-1/t9-,10-,11-,14+/m0/s1. The van der Waals surface area contributed by atoms with Gasteiger partial charge in [0.15, 0.2) is 0 Å². The fourth-order valence-electron chi connectivity index (χ4n) is 3.57. The van der Waals surface area contributed by atoms with Crippen LogP contribution in [-0.2, 0) is 20.9 Å². The normalized spacial score (nSPS) is 37.7. The number of hydrogen-bond acceptors (Lipinski definition) is 5. The molecule has 20 heavy (non-hydrogen) atoms. The Balaban J connectivity index is 1.65. The van der Waals surface area contributed by atoms with Crippen molar-refractivity contribution in [2.24, 2.45) is 11.8 Å². The molecule has 1 aromatic heterocycles. The third kappa shape index (κ3) is 1.46. The van der Waals surface area contributed by atoms with Crippen LogP contribution < -0.4 is 5.11 Å². The number of carboxylic acid groups (broad SMARTS) is 1. The van der Waals surface area contributed by atoms with E-state index in [9.17, 15) is 14.7 Å². The minimum absolute atomic E-state index is 0.139. The van der Waals surface area contributed by atoms with Crippen LogP contribution in [0.5, 0.6) is 0 Å². The predicted octanol–water partition coefficient (Wildman–Crippen LogP) is -0.220. The number of nitrogens with zero attached hydrogens (tertiary/aromatic N) is 1. The molecule has 0 saturated carbocycles. The molecule has 3 aliphatic heterocycles. The number of ether oxygens (including phenoxy) is 1. The first-order chi connectivity index (χ1) is 9.61. The Morgan fingerprint density at radius 3 is 3.15 bits per heavy atom. The molecular formula is C14H12NO4S-. The predicted molar refractivity (Wildman–Crippen MR) is 68.5 cm³/mol. The Morgan fingerprint density at radius 2 is 2.45 bits per heavy atom. The lowest BCUT2D eigenvalue weighted by Gasteiger charge is -2.24. The average Bonchev–Trinajstić information content (AvgIpc) is 3.12. The number of amides is 1. The summed E-state index contributed by atoms with van der Waals surface area (Å²) in [5.41, 5.74) is -0.760. The zero-order valence-corrected chi connectivity index (χ0v) is 11.3. The summed E-state index contributed by atoms with van der Waals surface area (Å²) in [4.78, 5) is 26.6. The maximum absolute atomic E-state index is 12.5. The van der Waals surface area contributed by atoms with Gasteiger partial charge in [0, 0.05) is 16.8 Å². The van der Waals surface area contributed by atoms with Crippen LogP contribution in [0.3, 0.4) is 0 Å². The van der Waals surface area contributed by atoms with Crippen LogP contribution in [0.15, 0.2) is 29.7 Å². The summed E-state index contributed by atoms with van der Waals surface area (Å²) in [6.45, 7) is 0.932. The molecule has 1 amide bonds. The van der Waals surface area contributed by atoms with Crippen LogP contribution >= 0.6 is 11.3 Å². The van der Waals surface area contributed by atoms with Gasteiger partial charge in [-0.15, -0.1) is 11.3 Å². The van der Waals surface area contributed by atoms with Gasteiger partial charge in [-0.3, -0.25) is 4.79 Å². The summed E-state index contributed by atoms with van der Waals surface area (Å²) in [5.74, 6) is -2.83. The molecule has 2 fully saturated rings. The minimum Gasteiger partial charge on any atom is -0.550 e. The van der Waals surface area contributed by atoms with E-state index in [0.717, 1.165) is 4.88 Å². The van der Waals surface area contributed by atoms with Gasteiger partial charge in [0.05, 0.1) is 25.1 Å². The molecular weight excluding hydrogens is 278 g/mol. The zero-order valence-electron chi connectivity index (χ0n) is 10.5. The monoisotopic (exact) mass is 290 g/mol. The van der Waals surface area contributed by atoms with Crippen molar-refractivity contribution in [2.75, 3.05) is 6.54 Å². The van der Waals surface area contributed by atoms with E-state index in [0.29, 0.717) is 13.1 Å². The number of aliphatic carboxylic acids is 1. The van der Waals surface area contributed by atoms with E-state index in [1.165, 1.54) is 0 Å². The molecule has 1 spiro atoms. The van der Waals surface area contributed by atoms with Crippen LogP contribution in [-0.4, -0.2) is 35.0 Å². The van der Waals surface area contributed by atoms with Crippen LogP contribution in [0.25, 0.3) is 0 Å². The van der Waals surface area contributed by atoms with Crippen LogP contribution in [0, 0.1) is 11.8 Å². The van der Waals surface area contributed by atoms with Gasteiger partial charge in [0.2, 0.25) is 5.91 Å². The summed E-state index contributed by atoms with van der Waals surface area (Å²) in [7, 11) is 0. The Morgan fingerprint density at radius 1 is 1.60 bits per heavy atom. The number of carbonyl (C=O) groups is 2. The maximum Gasteiger partial charge on any atom is 0.230 e. The molecule has 5 nitrogen and oxygen atoms in total. The highest BCUT2D eigenvalue weighted by Crippen LogP contribution is 2.51. The van der Waals surface area contributed by atoms with Gasteiger partial charge in [0.25, 0.3) is 0 Å². The molecule has 4 rings (SSSR count). The van der Waals surface area contributed by atoms with Crippen LogP contribution in [0.2, 0.25) is 0 Å². The number of carbonyl (C=O) groups excluding carboxylic acids is 2. The largest absolute Gasteiger partial charge is 0.550 e. The van der Waals surface area contributed by atoms with Gasteiger partial charge in [-0.2, -0.15) is 0 Å². The van der Waals surface area contributed by atoms with E-state index in [2.05, 4.69) is 0 Å². The van der Waals surface area contributed by atoms with Gasteiger partial charge in [-0.1, -0.05) is 18.2 Å². The lowest BCUT2D eigenvalue weighted by molar-refractivity contribution is -0.313. The zero-order chi connectivity index (χ0) is 13.9. The number of carboxylic acids is 1. The summed E-state index contributed by atoms with van der Waals surface area (Å²) >= 11 is 1.58. The SMILES string of the molecule is O=C([O-])[C@H]1[C@@H]2C=C[C@]3(CN(Cc4cccs4)C(=O)[C@H]13)O2. The van der Waals surface area contributed by atoms with Crippen molar-refractivity contribution in [3.05, 3.63) is 34.5 Å². The molecule has 2 bridgehead atoms. The van der Waals surface area contributed by atoms with Crippen molar-refractivity contribution in [1.82, 2.24) is 4.90 Å². The molecule has 0 aliphatic carbocycles. The molecule has 1 aromatic rings. The van der Waals surface area contributed by atoms with E-state index >= 15 is 0 Å². The number of hydrogen-bond donors (Lipinski definition) is 0. The number of likely N-dealkylation sites (tertiary alicyclic amines) is 1. The summed E-state index contributed by atoms with van der Waals surface area (Å²) in [6.07, 6.45) is 3.09. The fourth-order valence-corrected chi connectivity index (χ4v) is 4.29. The average molecular weight is 290 g/mol. The van der Waals surface area contributed by atoms with Crippen molar-refractivity contribution in [2.45, 2.75) is 18.2 Å². The molecule has 4 atom stereocenters. The van der Waals surface area contributed by atoms with Crippen LogP contribution in [0.4, 0.5) is 0 Å². The van der Waals surface area contributed by atoms with E-state index < -0.39 is 29.5 Å². The number of rotatable bonds is 3. The lowest BCUT2D eigenvalue weighted by atomic mass is 9.77. The Bertz CT molecular complexity index is 611. The van der Waals surface area contributed by atoms with Gasteiger partial charge >= 0.3 is 0 Å². The highest BCUT2D eigenvalue weighted by atomic mass is 32.1. The van der Waals surface area contributed by atoms with Crippen molar-refractivity contribution < 1.29 is 19.4 Å². The highest BCUT2D eigenvalue weighted by Gasteiger charge is 2.65. The summed E-state index contributed by atoms with van der Waals surface area (Å²) in [6, 6.07) is 3.90. The minimum atomic E-state index is -1.20. The van der Waals surface area contributed by atoms with Gasteiger partial charge in [-0.25, -0.2) is 0 Å². The van der Waals surface area contributed by atoms with Crippen molar-refractivity contribution >= 4 is 23.2 Å². The number of fused-ring (bicyclic) bond motifs is 1.